The van der Waals surface area contributed by atoms with Gasteiger partial charge in [0.05, 0.1) is 0 Å². The van der Waals surface area contributed by atoms with Crippen molar-refractivity contribution in [3.63, 3.8) is 0 Å². The number of nitrogens with one attached hydrogen (secondary N) is 2. The number of halogens is 1. The van der Waals surface area contributed by atoms with Crippen molar-refractivity contribution < 1.29 is 9.59 Å². The SMILES string of the molecule is O=C(NCc1ccccc1)c1cccc(NC(=O)c2cccc(I)c2)c1. The molecule has 130 valence electrons. The molecule has 0 unspecified atom stereocenters. The third-order valence-corrected chi connectivity index (χ3v) is 4.44. The van der Waals surface area contributed by atoms with Crippen LogP contribution in [0.25, 0.3) is 0 Å². The van der Waals surface area contributed by atoms with Gasteiger partial charge in [0.15, 0.2) is 0 Å². The Morgan fingerprint density at radius 2 is 1.46 bits per heavy atom. The molecule has 0 aliphatic rings. The standard InChI is InChI=1S/C21H17IN2O2/c22-18-10-4-8-16(12-18)21(26)24-19-11-5-9-17(13-19)20(25)23-14-15-6-2-1-3-7-15/h1-13H,14H2,(H,23,25)(H,24,26). The van der Waals surface area contributed by atoms with Crippen molar-refractivity contribution in [2.75, 3.05) is 5.32 Å². The molecule has 3 rings (SSSR count). The van der Waals surface area contributed by atoms with Crippen LogP contribution >= 0.6 is 22.6 Å². The van der Waals surface area contributed by atoms with E-state index in [1.807, 2.05) is 48.5 Å². The predicted molar refractivity (Wildman–Crippen MR) is 111 cm³/mol. The number of amides is 2. The van der Waals surface area contributed by atoms with Crippen LogP contribution in [0.1, 0.15) is 26.3 Å². The number of carbonyl (C=O) groups excluding carboxylic acids is 2. The fourth-order valence-corrected chi connectivity index (χ4v) is 2.99. The molecule has 0 spiro atoms. The summed E-state index contributed by atoms with van der Waals surface area (Å²) in [4.78, 5) is 24.7. The molecule has 0 heterocycles. The first kappa shape index (κ1) is 18.1. The van der Waals surface area contributed by atoms with Crippen molar-refractivity contribution in [1.82, 2.24) is 5.32 Å². The van der Waals surface area contributed by atoms with Gasteiger partial charge in [-0.15, -0.1) is 0 Å². The molecule has 4 nitrogen and oxygen atoms in total. The molecule has 26 heavy (non-hydrogen) atoms. The Balaban J connectivity index is 1.65. The molecular weight excluding hydrogens is 439 g/mol. The first-order chi connectivity index (χ1) is 12.6. The summed E-state index contributed by atoms with van der Waals surface area (Å²) in [5, 5.41) is 5.71. The predicted octanol–water partition coefficient (Wildman–Crippen LogP) is 4.47. The van der Waals surface area contributed by atoms with Gasteiger partial charge < -0.3 is 10.6 Å². The molecule has 0 aliphatic heterocycles. The van der Waals surface area contributed by atoms with Crippen LogP contribution in [0.15, 0.2) is 78.9 Å². The van der Waals surface area contributed by atoms with Crippen molar-refractivity contribution in [3.05, 3.63) is 99.1 Å². The molecule has 0 saturated heterocycles. The summed E-state index contributed by atoms with van der Waals surface area (Å²) < 4.78 is 0.990. The average Bonchev–Trinajstić information content (AvgIpc) is 2.67. The van der Waals surface area contributed by atoms with E-state index in [4.69, 9.17) is 0 Å². The molecule has 3 aromatic carbocycles. The Hall–Kier alpha value is -2.67. The zero-order valence-electron chi connectivity index (χ0n) is 13.9. The monoisotopic (exact) mass is 456 g/mol. The van der Waals surface area contributed by atoms with Gasteiger partial charge in [0.1, 0.15) is 0 Å². The number of carbonyl (C=O) groups is 2. The second kappa shape index (κ2) is 8.62. The summed E-state index contributed by atoms with van der Waals surface area (Å²) in [6.45, 7) is 0.457. The first-order valence-electron chi connectivity index (χ1n) is 8.11. The number of benzene rings is 3. The second-order valence-electron chi connectivity index (χ2n) is 5.71. The minimum Gasteiger partial charge on any atom is -0.348 e. The van der Waals surface area contributed by atoms with E-state index in [-0.39, 0.29) is 11.8 Å². The van der Waals surface area contributed by atoms with Crippen molar-refractivity contribution >= 4 is 40.1 Å². The zero-order chi connectivity index (χ0) is 18.4. The summed E-state index contributed by atoms with van der Waals surface area (Å²) in [6, 6.07) is 24.0. The molecule has 2 amide bonds. The van der Waals surface area contributed by atoms with E-state index < -0.39 is 0 Å². The van der Waals surface area contributed by atoms with Crippen LogP contribution in [0.5, 0.6) is 0 Å². The van der Waals surface area contributed by atoms with E-state index in [9.17, 15) is 9.59 Å². The lowest BCUT2D eigenvalue weighted by Gasteiger charge is -2.09. The van der Waals surface area contributed by atoms with Gasteiger partial charge in [-0.25, -0.2) is 0 Å². The fourth-order valence-electron chi connectivity index (χ4n) is 2.45. The van der Waals surface area contributed by atoms with Gasteiger partial charge in [-0.1, -0.05) is 42.5 Å². The highest BCUT2D eigenvalue weighted by atomic mass is 127. The van der Waals surface area contributed by atoms with Crippen LogP contribution in [0.4, 0.5) is 5.69 Å². The molecule has 0 aromatic heterocycles. The van der Waals surface area contributed by atoms with Gasteiger partial charge in [-0.3, -0.25) is 9.59 Å². The quantitative estimate of drug-likeness (QED) is 0.557. The maximum Gasteiger partial charge on any atom is 0.255 e. The average molecular weight is 456 g/mol. The molecule has 2 N–H and O–H groups in total. The van der Waals surface area contributed by atoms with E-state index in [1.54, 1.807) is 30.3 Å². The van der Waals surface area contributed by atoms with Gasteiger partial charge in [-0.05, 0) is 64.6 Å². The number of anilines is 1. The molecule has 0 atom stereocenters. The van der Waals surface area contributed by atoms with Crippen molar-refractivity contribution in [3.8, 4) is 0 Å². The van der Waals surface area contributed by atoms with Gasteiger partial charge in [-0.2, -0.15) is 0 Å². The topological polar surface area (TPSA) is 58.2 Å². The van der Waals surface area contributed by atoms with Gasteiger partial charge in [0.2, 0.25) is 0 Å². The lowest BCUT2D eigenvalue weighted by atomic mass is 10.1. The summed E-state index contributed by atoms with van der Waals surface area (Å²) in [7, 11) is 0. The lowest BCUT2D eigenvalue weighted by molar-refractivity contribution is 0.0949. The highest BCUT2D eigenvalue weighted by Crippen LogP contribution is 2.14. The highest BCUT2D eigenvalue weighted by molar-refractivity contribution is 14.1. The zero-order valence-corrected chi connectivity index (χ0v) is 16.1. The number of hydrogen-bond donors (Lipinski definition) is 2. The second-order valence-corrected chi connectivity index (χ2v) is 6.96. The maximum atomic E-state index is 12.3. The van der Waals surface area contributed by atoms with Crippen molar-refractivity contribution in [2.24, 2.45) is 0 Å². The van der Waals surface area contributed by atoms with Crippen molar-refractivity contribution in [2.45, 2.75) is 6.54 Å². The molecule has 3 aromatic rings. The molecule has 0 saturated carbocycles. The minimum absolute atomic E-state index is 0.181. The Bertz CT molecular complexity index is 926. The molecule has 0 bridgehead atoms. The van der Waals surface area contributed by atoms with E-state index in [0.717, 1.165) is 9.13 Å². The molecule has 5 heteroatoms. The Morgan fingerprint density at radius 1 is 0.769 bits per heavy atom. The molecule has 0 fully saturated rings. The summed E-state index contributed by atoms with van der Waals surface area (Å²) in [5.41, 5.74) is 2.70. The van der Waals surface area contributed by atoms with Crippen LogP contribution in [0, 0.1) is 3.57 Å². The summed E-state index contributed by atoms with van der Waals surface area (Å²) in [6.07, 6.45) is 0. The largest absolute Gasteiger partial charge is 0.348 e. The summed E-state index contributed by atoms with van der Waals surface area (Å²) >= 11 is 2.16. The van der Waals surface area contributed by atoms with E-state index in [1.165, 1.54) is 0 Å². The normalized spacial score (nSPS) is 10.2. The van der Waals surface area contributed by atoms with Crippen LogP contribution < -0.4 is 10.6 Å². The highest BCUT2D eigenvalue weighted by Gasteiger charge is 2.09. The van der Waals surface area contributed by atoms with Crippen LogP contribution in [0.3, 0.4) is 0 Å². The smallest absolute Gasteiger partial charge is 0.255 e. The first-order valence-corrected chi connectivity index (χ1v) is 9.19. The van der Waals surface area contributed by atoms with Crippen LogP contribution in [-0.4, -0.2) is 11.8 Å². The molecule has 0 aliphatic carbocycles. The van der Waals surface area contributed by atoms with E-state index in [2.05, 4.69) is 33.2 Å². The third-order valence-electron chi connectivity index (χ3n) is 3.77. The van der Waals surface area contributed by atoms with Crippen LogP contribution in [-0.2, 0) is 6.54 Å². The number of rotatable bonds is 5. The lowest BCUT2D eigenvalue weighted by Crippen LogP contribution is -2.23. The van der Waals surface area contributed by atoms with Gasteiger partial charge >= 0.3 is 0 Å². The van der Waals surface area contributed by atoms with E-state index >= 15 is 0 Å². The third kappa shape index (κ3) is 4.92. The Morgan fingerprint density at radius 3 is 2.19 bits per heavy atom. The van der Waals surface area contributed by atoms with Gasteiger partial charge in [0.25, 0.3) is 11.8 Å². The van der Waals surface area contributed by atoms with Gasteiger partial charge in [0, 0.05) is 26.9 Å². The Labute approximate surface area is 165 Å². The van der Waals surface area contributed by atoms with Crippen molar-refractivity contribution in [1.29, 1.82) is 0 Å². The fraction of sp³-hybridized carbons (Fsp3) is 0.0476. The molecule has 0 radical (unpaired) electrons. The maximum absolute atomic E-state index is 12.3. The van der Waals surface area contributed by atoms with Crippen LogP contribution in [0.2, 0.25) is 0 Å². The number of hydrogen-bond acceptors (Lipinski definition) is 2. The van der Waals surface area contributed by atoms with E-state index in [0.29, 0.717) is 23.4 Å². The Kier molecular flexibility index (Phi) is 6.01. The summed E-state index contributed by atoms with van der Waals surface area (Å²) in [5.74, 6) is -0.385. The molecular formula is C21H17IN2O2. The minimum atomic E-state index is -0.203.